The van der Waals surface area contributed by atoms with E-state index < -0.39 is 6.85 Å². The first-order valence-corrected chi connectivity index (χ1v) is 11.7. The molecule has 166 valence electrons. The van der Waals surface area contributed by atoms with Gasteiger partial charge in [0, 0.05) is 37.2 Å². The number of fused-ring (bicyclic) bond motifs is 3. The molecule has 2 aromatic heterocycles. The molecule has 2 heterocycles. The van der Waals surface area contributed by atoms with Gasteiger partial charge in [-0.25, -0.2) is 4.98 Å². The van der Waals surface area contributed by atoms with E-state index in [1.807, 2.05) is 41.0 Å². The summed E-state index contributed by atoms with van der Waals surface area (Å²) in [6.45, 7) is 4.27. The molecule has 0 saturated heterocycles. The van der Waals surface area contributed by atoms with E-state index in [0.717, 1.165) is 37.6 Å². The maximum absolute atomic E-state index is 8.29. The SMILES string of the molecule is [2H]C([2H])([2H])c1cc(-n2c3ccc(C(C)(C)C)cc3c3ccc(OC)cc32)ncc1-c1cccc(Br)c1. The molecule has 0 atom stereocenters. The Balaban J connectivity index is 1.83. The number of hydrogen-bond donors (Lipinski definition) is 0. The zero-order valence-electron chi connectivity index (χ0n) is 22.1. The Morgan fingerprint density at radius 2 is 1.79 bits per heavy atom. The molecule has 0 aliphatic rings. The fourth-order valence-electron chi connectivity index (χ4n) is 4.29. The number of ether oxygens (including phenoxy) is 1. The average Bonchev–Trinajstić information content (AvgIpc) is 3.15. The largest absolute Gasteiger partial charge is 0.497 e. The number of pyridine rings is 1. The smallest absolute Gasteiger partial charge is 0.137 e. The van der Waals surface area contributed by atoms with Crippen LogP contribution in [0, 0.1) is 6.85 Å². The average molecular weight is 502 g/mol. The molecule has 0 saturated carbocycles. The van der Waals surface area contributed by atoms with Crippen LogP contribution in [-0.4, -0.2) is 16.7 Å². The summed E-state index contributed by atoms with van der Waals surface area (Å²) < 4.78 is 33.3. The Bertz CT molecular complexity index is 1610. The van der Waals surface area contributed by atoms with E-state index in [2.05, 4.69) is 61.0 Å². The molecule has 0 amide bonds. The van der Waals surface area contributed by atoms with Gasteiger partial charge in [-0.15, -0.1) is 0 Å². The second kappa shape index (κ2) is 8.03. The molecule has 0 unspecified atom stereocenters. The Hall–Kier alpha value is -3.11. The molecule has 4 heteroatoms. The highest BCUT2D eigenvalue weighted by Gasteiger charge is 2.19. The molecule has 0 aliphatic heterocycles. The van der Waals surface area contributed by atoms with E-state index in [1.165, 1.54) is 5.56 Å². The van der Waals surface area contributed by atoms with Crippen molar-refractivity contribution < 1.29 is 8.85 Å². The number of methoxy groups -OCH3 is 1. The minimum absolute atomic E-state index is 0.00658. The van der Waals surface area contributed by atoms with Gasteiger partial charge < -0.3 is 4.74 Å². The summed E-state index contributed by atoms with van der Waals surface area (Å²) in [5, 5.41) is 2.15. The van der Waals surface area contributed by atoms with Gasteiger partial charge in [-0.05, 0) is 71.4 Å². The van der Waals surface area contributed by atoms with Crippen molar-refractivity contribution in [1.29, 1.82) is 0 Å². The van der Waals surface area contributed by atoms with Crippen molar-refractivity contribution in [3.8, 4) is 22.7 Å². The topological polar surface area (TPSA) is 27.1 Å². The number of halogens is 1. The first-order valence-electron chi connectivity index (χ1n) is 12.4. The maximum Gasteiger partial charge on any atom is 0.137 e. The van der Waals surface area contributed by atoms with Gasteiger partial charge in [0.25, 0.3) is 0 Å². The third-order valence-corrected chi connectivity index (χ3v) is 6.59. The summed E-state index contributed by atoms with van der Waals surface area (Å²) in [5.41, 5.74) is 4.75. The third-order valence-electron chi connectivity index (χ3n) is 6.09. The molecule has 0 aliphatic carbocycles. The summed E-state index contributed by atoms with van der Waals surface area (Å²) >= 11 is 3.49. The van der Waals surface area contributed by atoms with Crippen LogP contribution in [0.1, 0.15) is 36.0 Å². The van der Waals surface area contributed by atoms with Crippen LogP contribution < -0.4 is 4.74 Å². The number of rotatable bonds is 3. The molecule has 5 rings (SSSR count). The first-order chi connectivity index (χ1) is 17.0. The summed E-state index contributed by atoms with van der Waals surface area (Å²) in [6, 6.07) is 21.7. The van der Waals surface area contributed by atoms with E-state index >= 15 is 0 Å². The third kappa shape index (κ3) is 3.83. The lowest BCUT2D eigenvalue weighted by molar-refractivity contribution is 0.415. The second-order valence-corrected chi connectivity index (χ2v) is 10.2. The summed E-state index contributed by atoms with van der Waals surface area (Å²) in [7, 11) is 1.64. The lowest BCUT2D eigenvalue weighted by Gasteiger charge is -2.19. The van der Waals surface area contributed by atoms with Gasteiger partial charge >= 0.3 is 0 Å². The molecule has 5 aromatic rings. The Morgan fingerprint density at radius 1 is 0.939 bits per heavy atom. The number of benzene rings is 3. The van der Waals surface area contributed by atoms with Gasteiger partial charge in [0.1, 0.15) is 11.6 Å². The van der Waals surface area contributed by atoms with Crippen molar-refractivity contribution in [2.24, 2.45) is 0 Å². The number of nitrogens with zero attached hydrogens (tertiary/aromatic N) is 2. The fraction of sp³-hybridized carbons (Fsp3) is 0.207. The molecule has 3 nitrogen and oxygen atoms in total. The van der Waals surface area contributed by atoms with Crippen molar-refractivity contribution in [2.75, 3.05) is 7.11 Å². The minimum atomic E-state index is -2.31. The molecule has 3 aromatic carbocycles. The van der Waals surface area contributed by atoms with Gasteiger partial charge in [-0.1, -0.05) is 54.9 Å². The van der Waals surface area contributed by atoms with Crippen LogP contribution in [0.15, 0.2) is 77.4 Å². The highest BCUT2D eigenvalue weighted by Crippen LogP contribution is 2.37. The monoisotopic (exact) mass is 501 g/mol. The van der Waals surface area contributed by atoms with Crippen LogP contribution in [0.2, 0.25) is 0 Å². The van der Waals surface area contributed by atoms with Gasteiger partial charge in [-0.3, -0.25) is 4.57 Å². The summed E-state index contributed by atoms with van der Waals surface area (Å²) in [6.07, 6.45) is 1.67. The molecule has 0 fully saturated rings. The molecule has 0 spiro atoms. The lowest BCUT2D eigenvalue weighted by Crippen LogP contribution is -2.10. The van der Waals surface area contributed by atoms with Crippen LogP contribution in [0.3, 0.4) is 0 Å². The molecular weight excluding hydrogens is 472 g/mol. The van der Waals surface area contributed by atoms with E-state index in [1.54, 1.807) is 19.4 Å². The first kappa shape index (κ1) is 18.3. The van der Waals surface area contributed by atoms with E-state index in [9.17, 15) is 0 Å². The van der Waals surface area contributed by atoms with Gasteiger partial charge in [0.05, 0.1) is 18.1 Å². The molecule has 33 heavy (non-hydrogen) atoms. The van der Waals surface area contributed by atoms with Crippen LogP contribution in [-0.2, 0) is 5.41 Å². The molecule has 0 bridgehead atoms. The summed E-state index contributed by atoms with van der Waals surface area (Å²) in [4.78, 5) is 4.79. The normalized spacial score (nSPS) is 13.7. The zero-order valence-corrected chi connectivity index (χ0v) is 20.7. The van der Waals surface area contributed by atoms with Crippen LogP contribution in [0.25, 0.3) is 38.8 Å². The number of aromatic nitrogens is 2. The standard InChI is InChI=1S/C29H27BrN2O/c1-18-13-28(31-17-25(18)19-7-6-8-21(30)14-19)32-26-12-9-20(29(2,3)4)15-24(26)23-11-10-22(33-5)16-27(23)32/h6-17H,1-5H3/i1D3. The van der Waals surface area contributed by atoms with E-state index in [-0.39, 0.29) is 11.0 Å². The van der Waals surface area contributed by atoms with E-state index in [4.69, 9.17) is 13.8 Å². The predicted octanol–water partition coefficient (Wildman–Crippen LogP) is 8.22. The summed E-state index contributed by atoms with van der Waals surface area (Å²) in [5.74, 6) is 1.28. The fourth-order valence-corrected chi connectivity index (χ4v) is 4.69. The van der Waals surface area contributed by atoms with Crippen molar-refractivity contribution in [3.63, 3.8) is 0 Å². The van der Waals surface area contributed by atoms with Crippen LogP contribution in [0.4, 0.5) is 0 Å². The van der Waals surface area contributed by atoms with Crippen molar-refractivity contribution in [3.05, 3.63) is 88.5 Å². The van der Waals surface area contributed by atoms with Gasteiger partial charge in [0.2, 0.25) is 0 Å². The Kier molecular flexibility index (Phi) is 4.46. The zero-order chi connectivity index (χ0) is 25.8. The molecule has 0 radical (unpaired) electrons. The Morgan fingerprint density at radius 3 is 2.52 bits per heavy atom. The number of hydrogen-bond acceptors (Lipinski definition) is 2. The Labute approximate surface area is 207 Å². The van der Waals surface area contributed by atoms with Crippen molar-refractivity contribution >= 4 is 37.7 Å². The maximum atomic E-state index is 8.29. The highest BCUT2D eigenvalue weighted by atomic mass is 79.9. The molecule has 0 N–H and O–H groups in total. The predicted molar refractivity (Wildman–Crippen MR) is 142 cm³/mol. The van der Waals surface area contributed by atoms with Crippen molar-refractivity contribution in [1.82, 2.24) is 9.55 Å². The highest BCUT2D eigenvalue weighted by molar-refractivity contribution is 9.10. The van der Waals surface area contributed by atoms with Gasteiger partial charge in [-0.2, -0.15) is 0 Å². The van der Waals surface area contributed by atoms with Crippen LogP contribution in [0.5, 0.6) is 5.75 Å². The van der Waals surface area contributed by atoms with Crippen molar-refractivity contribution in [2.45, 2.75) is 33.0 Å². The quantitative estimate of drug-likeness (QED) is 0.249. The second-order valence-electron chi connectivity index (χ2n) is 9.30. The van der Waals surface area contributed by atoms with E-state index in [0.29, 0.717) is 11.4 Å². The van der Waals surface area contributed by atoms with Gasteiger partial charge in [0.15, 0.2) is 0 Å². The molecular formula is C29H27BrN2O. The lowest BCUT2D eigenvalue weighted by atomic mass is 9.86. The number of aryl methyl sites for hydroxylation is 1. The van der Waals surface area contributed by atoms with Crippen LogP contribution >= 0.6 is 15.9 Å². The minimum Gasteiger partial charge on any atom is -0.497 e.